The van der Waals surface area contributed by atoms with Crippen molar-refractivity contribution in [2.24, 2.45) is 5.92 Å². The summed E-state index contributed by atoms with van der Waals surface area (Å²) >= 11 is 0. The molecule has 1 saturated carbocycles. The van der Waals surface area contributed by atoms with E-state index in [1.807, 2.05) is 18.2 Å². The first-order valence-electron chi connectivity index (χ1n) is 11.0. The molecule has 2 aromatic rings. The van der Waals surface area contributed by atoms with Crippen molar-refractivity contribution < 1.29 is 9.47 Å². The molecule has 3 aliphatic rings. The molecule has 2 aliphatic heterocycles. The monoisotopic (exact) mass is 412 g/mol. The number of morpholine rings is 1. The van der Waals surface area contributed by atoms with Crippen molar-refractivity contribution in [2.45, 2.75) is 32.3 Å². The molecule has 162 valence electrons. The lowest BCUT2D eigenvalue weighted by atomic mass is 10.2. The van der Waals surface area contributed by atoms with E-state index in [9.17, 15) is 4.79 Å². The molecule has 1 N–H and O–H groups in total. The molecular weight excluding hydrogens is 380 g/mol. The number of anilines is 2. The van der Waals surface area contributed by atoms with E-state index in [0.717, 1.165) is 50.9 Å². The predicted molar refractivity (Wildman–Crippen MR) is 118 cm³/mol. The predicted octanol–water partition coefficient (Wildman–Crippen LogP) is 2.61. The summed E-state index contributed by atoms with van der Waals surface area (Å²) < 4.78 is 11.3. The Morgan fingerprint density at radius 3 is 2.53 bits per heavy atom. The number of rotatable bonds is 5. The molecule has 5 rings (SSSR count). The van der Waals surface area contributed by atoms with Gasteiger partial charge in [0.05, 0.1) is 19.3 Å². The number of benzene rings is 1. The van der Waals surface area contributed by atoms with Crippen LogP contribution in [0.15, 0.2) is 41.2 Å². The summed E-state index contributed by atoms with van der Waals surface area (Å²) in [6, 6.07) is 11.8. The Morgan fingerprint density at radius 2 is 1.87 bits per heavy atom. The average Bonchev–Trinajstić information content (AvgIpc) is 3.49. The van der Waals surface area contributed by atoms with E-state index in [2.05, 4.69) is 38.8 Å². The standard InChI is InChI=1S/C16H24N4O3.C7H8/c21-15-9-14(19-5-7-22-8-6-19)17-16(18-15)20-4-3-13(10-20)23-11-12-1-2-12;1-7-5-3-2-4-6-7/h9,12-13H,1-8,10-11H2,(H,17,18,21);2-6H,1H3. The van der Waals surface area contributed by atoms with Crippen LogP contribution in [0.3, 0.4) is 0 Å². The highest BCUT2D eigenvalue weighted by atomic mass is 16.5. The first kappa shape index (κ1) is 20.9. The summed E-state index contributed by atoms with van der Waals surface area (Å²) in [5, 5.41) is 0. The summed E-state index contributed by atoms with van der Waals surface area (Å²) in [7, 11) is 0. The number of aromatic amines is 1. The minimum Gasteiger partial charge on any atom is -0.378 e. The van der Waals surface area contributed by atoms with Crippen LogP contribution in [0.1, 0.15) is 24.8 Å². The Balaban J connectivity index is 0.000000265. The number of hydrogen-bond donors (Lipinski definition) is 1. The topological polar surface area (TPSA) is 70.7 Å². The lowest BCUT2D eigenvalue weighted by molar-refractivity contribution is 0.0605. The van der Waals surface area contributed by atoms with Gasteiger partial charge in [0, 0.05) is 38.9 Å². The van der Waals surface area contributed by atoms with Gasteiger partial charge >= 0.3 is 0 Å². The van der Waals surface area contributed by atoms with Gasteiger partial charge in [0.1, 0.15) is 5.82 Å². The van der Waals surface area contributed by atoms with Gasteiger partial charge in [-0.15, -0.1) is 0 Å². The third-order valence-corrected chi connectivity index (χ3v) is 5.70. The highest BCUT2D eigenvalue weighted by Gasteiger charge is 2.28. The summed E-state index contributed by atoms with van der Waals surface area (Å²) in [4.78, 5) is 23.8. The Kier molecular flexibility index (Phi) is 7.02. The molecule has 2 saturated heterocycles. The van der Waals surface area contributed by atoms with E-state index < -0.39 is 0 Å². The van der Waals surface area contributed by atoms with Crippen LogP contribution in [0.25, 0.3) is 0 Å². The van der Waals surface area contributed by atoms with E-state index in [4.69, 9.17) is 9.47 Å². The summed E-state index contributed by atoms with van der Waals surface area (Å²) in [5.41, 5.74) is 1.22. The molecule has 0 amide bonds. The van der Waals surface area contributed by atoms with Gasteiger partial charge < -0.3 is 19.3 Å². The van der Waals surface area contributed by atoms with Crippen molar-refractivity contribution in [2.75, 3.05) is 55.8 Å². The molecule has 1 unspecified atom stereocenters. The highest BCUT2D eigenvalue weighted by molar-refractivity contribution is 5.44. The van der Waals surface area contributed by atoms with Gasteiger partial charge in [-0.05, 0) is 32.1 Å². The maximum Gasteiger partial charge on any atom is 0.254 e. The number of ether oxygens (including phenoxy) is 2. The molecule has 1 atom stereocenters. The Hall–Kier alpha value is -2.38. The van der Waals surface area contributed by atoms with Gasteiger partial charge in [-0.2, -0.15) is 4.98 Å². The Bertz CT molecular complexity index is 847. The number of hydrogen-bond acceptors (Lipinski definition) is 6. The zero-order valence-electron chi connectivity index (χ0n) is 17.8. The molecule has 0 radical (unpaired) electrons. The van der Waals surface area contributed by atoms with Crippen molar-refractivity contribution in [3.63, 3.8) is 0 Å². The zero-order chi connectivity index (χ0) is 20.8. The summed E-state index contributed by atoms with van der Waals surface area (Å²) in [5.74, 6) is 2.19. The van der Waals surface area contributed by atoms with E-state index in [0.29, 0.717) is 19.2 Å². The fraction of sp³-hybridized carbons (Fsp3) is 0.565. The van der Waals surface area contributed by atoms with Crippen LogP contribution in [0.5, 0.6) is 0 Å². The number of aromatic nitrogens is 2. The molecule has 0 bridgehead atoms. The molecule has 3 heterocycles. The number of nitrogens with one attached hydrogen (secondary N) is 1. The minimum atomic E-state index is -0.0983. The lowest BCUT2D eigenvalue weighted by Crippen LogP contribution is -2.38. The summed E-state index contributed by atoms with van der Waals surface area (Å²) in [6.45, 7) is 7.59. The summed E-state index contributed by atoms with van der Waals surface area (Å²) in [6.07, 6.45) is 3.88. The van der Waals surface area contributed by atoms with E-state index in [-0.39, 0.29) is 11.7 Å². The normalized spacial score (nSPS) is 21.3. The maximum absolute atomic E-state index is 12.0. The van der Waals surface area contributed by atoms with E-state index >= 15 is 0 Å². The number of aryl methyl sites for hydroxylation is 1. The first-order chi connectivity index (χ1) is 14.7. The molecule has 1 aromatic carbocycles. The fourth-order valence-corrected chi connectivity index (χ4v) is 3.68. The van der Waals surface area contributed by atoms with Crippen LogP contribution < -0.4 is 15.4 Å². The molecule has 3 fully saturated rings. The molecule has 1 aromatic heterocycles. The quantitative estimate of drug-likeness (QED) is 0.814. The fourth-order valence-electron chi connectivity index (χ4n) is 3.68. The molecule has 7 nitrogen and oxygen atoms in total. The lowest BCUT2D eigenvalue weighted by Gasteiger charge is -2.28. The van der Waals surface area contributed by atoms with Crippen molar-refractivity contribution in [3.8, 4) is 0 Å². The van der Waals surface area contributed by atoms with Crippen molar-refractivity contribution in [1.82, 2.24) is 9.97 Å². The van der Waals surface area contributed by atoms with Crippen LogP contribution >= 0.6 is 0 Å². The van der Waals surface area contributed by atoms with Crippen molar-refractivity contribution >= 4 is 11.8 Å². The zero-order valence-corrected chi connectivity index (χ0v) is 17.8. The van der Waals surface area contributed by atoms with Gasteiger partial charge in [-0.25, -0.2) is 0 Å². The van der Waals surface area contributed by atoms with Crippen molar-refractivity contribution in [1.29, 1.82) is 0 Å². The Morgan fingerprint density at radius 1 is 1.10 bits per heavy atom. The highest BCUT2D eigenvalue weighted by Crippen LogP contribution is 2.30. The smallest absolute Gasteiger partial charge is 0.254 e. The van der Waals surface area contributed by atoms with Gasteiger partial charge in [-0.1, -0.05) is 35.9 Å². The van der Waals surface area contributed by atoms with Crippen LogP contribution in [0.4, 0.5) is 11.8 Å². The van der Waals surface area contributed by atoms with E-state index in [1.54, 1.807) is 6.07 Å². The molecule has 7 heteroatoms. The van der Waals surface area contributed by atoms with Gasteiger partial charge in [0.2, 0.25) is 5.95 Å². The second kappa shape index (κ2) is 10.1. The third-order valence-electron chi connectivity index (χ3n) is 5.70. The van der Waals surface area contributed by atoms with Gasteiger partial charge in [0.25, 0.3) is 5.56 Å². The average molecular weight is 413 g/mol. The second-order valence-electron chi connectivity index (χ2n) is 8.31. The minimum absolute atomic E-state index is 0.0983. The second-order valence-corrected chi connectivity index (χ2v) is 8.31. The van der Waals surface area contributed by atoms with Crippen molar-refractivity contribution in [3.05, 3.63) is 52.3 Å². The molecular formula is C23H32N4O3. The van der Waals surface area contributed by atoms with Crippen LogP contribution in [0.2, 0.25) is 0 Å². The number of nitrogens with zero attached hydrogens (tertiary/aromatic N) is 3. The Labute approximate surface area is 178 Å². The van der Waals surface area contributed by atoms with Crippen LogP contribution in [0, 0.1) is 12.8 Å². The van der Waals surface area contributed by atoms with E-state index in [1.165, 1.54) is 18.4 Å². The van der Waals surface area contributed by atoms with Gasteiger partial charge in [0.15, 0.2) is 0 Å². The molecule has 0 spiro atoms. The van der Waals surface area contributed by atoms with Crippen LogP contribution in [-0.2, 0) is 9.47 Å². The molecule has 30 heavy (non-hydrogen) atoms. The SMILES string of the molecule is Cc1ccccc1.O=c1cc(N2CCOCC2)nc(N2CCC(OCC3CC3)C2)[nH]1. The van der Waals surface area contributed by atoms with Crippen LogP contribution in [-0.4, -0.2) is 62.1 Å². The molecule has 1 aliphatic carbocycles. The first-order valence-corrected chi connectivity index (χ1v) is 11.0. The third kappa shape index (κ3) is 6.06. The van der Waals surface area contributed by atoms with Gasteiger partial charge in [-0.3, -0.25) is 9.78 Å². The number of H-pyrrole nitrogens is 1. The largest absolute Gasteiger partial charge is 0.378 e. The maximum atomic E-state index is 12.0.